The maximum atomic E-state index is 9.25. The molecule has 2 N–H and O–H groups in total. The van der Waals surface area contributed by atoms with Crippen molar-refractivity contribution in [3.63, 3.8) is 0 Å². The van der Waals surface area contributed by atoms with Crippen LogP contribution in [0, 0.1) is 0 Å². The van der Waals surface area contributed by atoms with Gasteiger partial charge in [-0.05, 0) is 47.0 Å². The first-order valence-electron chi connectivity index (χ1n) is 5.93. The molecule has 2 aliphatic rings. The summed E-state index contributed by atoms with van der Waals surface area (Å²) < 4.78 is 6.02. The summed E-state index contributed by atoms with van der Waals surface area (Å²) in [6.45, 7) is 8.58. The van der Waals surface area contributed by atoms with Gasteiger partial charge in [-0.15, -0.1) is 0 Å². The highest BCUT2D eigenvalue weighted by atomic mass is 16.5. The zero-order valence-electron chi connectivity index (χ0n) is 10.2. The second kappa shape index (κ2) is 3.44. The van der Waals surface area contributed by atoms with E-state index in [0.29, 0.717) is 12.1 Å². The van der Waals surface area contributed by atoms with Crippen molar-refractivity contribution < 1.29 is 9.84 Å². The Morgan fingerprint density at radius 1 is 1.20 bits per heavy atom. The van der Waals surface area contributed by atoms with Crippen LogP contribution in [0.4, 0.5) is 0 Å². The molecule has 1 unspecified atom stereocenters. The Morgan fingerprint density at radius 3 is 2.20 bits per heavy atom. The van der Waals surface area contributed by atoms with Gasteiger partial charge in [0, 0.05) is 12.1 Å². The molecular weight excluding hydrogens is 190 g/mol. The van der Waals surface area contributed by atoms with Crippen LogP contribution in [-0.4, -0.2) is 34.5 Å². The number of aliphatic hydroxyl groups is 1. The van der Waals surface area contributed by atoms with Crippen LogP contribution in [0.3, 0.4) is 0 Å². The van der Waals surface area contributed by atoms with Crippen LogP contribution in [0.5, 0.6) is 0 Å². The highest BCUT2D eigenvalue weighted by Crippen LogP contribution is 2.38. The summed E-state index contributed by atoms with van der Waals surface area (Å²) in [5, 5.41) is 12.9. The van der Waals surface area contributed by atoms with Crippen molar-refractivity contribution in [3.05, 3.63) is 0 Å². The van der Waals surface area contributed by atoms with Crippen LogP contribution in [0.15, 0.2) is 0 Å². The smallest absolute Gasteiger partial charge is 0.0787 e. The van der Waals surface area contributed by atoms with Gasteiger partial charge in [0.25, 0.3) is 0 Å². The number of hydrogen-bond acceptors (Lipinski definition) is 3. The molecule has 1 saturated heterocycles. The molecule has 0 aromatic carbocycles. The molecule has 1 heterocycles. The fourth-order valence-electron chi connectivity index (χ4n) is 2.83. The predicted molar refractivity (Wildman–Crippen MR) is 59.8 cm³/mol. The van der Waals surface area contributed by atoms with E-state index in [2.05, 4.69) is 33.0 Å². The van der Waals surface area contributed by atoms with Gasteiger partial charge in [-0.2, -0.15) is 0 Å². The van der Waals surface area contributed by atoms with E-state index in [0.717, 1.165) is 19.3 Å². The second-order valence-corrected chi connectivity index (χ2v) is 6.21. The third-order valence-corrected chi connectivity index (χ3v) is 3.62. The van der Waals surface area contributed by atoms with Gasteiger partial charge in [0.2, 0.25) is 0 Å². The largest absolute Gasteiger partial charge is 0.393 e. The predicted octanol–water partition coefficient (Wildman–Crippen LogP) is 1.45. The molecule has 1 saturated carbocycles. The first kappa shape index (κ1) is 11.4. The lowest BCUT2D eigenvalue weighted by molar-refractivity contribution is -0.0723. The molecule has 3 heteroatoms. The Hall–Kier alpha value is -0.120. The Bertz CT molecular complexity index is 244. The van der Waals surface area contributed by atoms with E-state index < -0.39 is 0 Å². The quantitative estimate of drug-likeness (QED) is 0.729. The van der Waals surface area contributed by atoms with Crippen molar-refractivity contribution in [1.82, 2.24) is 5.32 Å². The van der Waals surface area contributed by atoms with Crippen molar-refractivity contribution in [1.29, 1.82) is 0 Å². The molecule has 0 radical (unpaired) electrons. The van der Waals surface area contributed by atoms with E-state index in [-0.39, 0.29) is 17.3 Å². The zero-order chi connectivity index (χ0) is 11.3. The number of rotatable bonds is 2. The Kier molecular flexibility index (Phi) is 2.61. The molecule has 88 valence electrons. The molecule has 1 aliphatic heterocycles. The number of aliphatic hydroxyl groups excluding tert-OH is 1. The Balaban J connectivity index is 1.92. The van der Waals surface area contributed by atoms with Gasteiger partial charge in [-0.3, -0.25) is 0 Å². The molecule has 0 aromatic rings. The molecular formula is C12H23NO2. The second-order valence-electron chi connectivity index (χ2n) is 6.21. The highest BCUT2D eigenvalue weighted by molar-refractivity contribution is 5.01. The zero-order valence-corrected chi connectivity index (χ0v) is 10.2. The maximum absolute atomic E-state index is 9.25. The van der Waals surface area contributed by atoms with Gasteiger partial charge >= 0.3 is 0 Å². The fourth-order valence-corrected chi connectivity index (χ4v) is 2.83. The van der Waals surface area contributed by atoms with Crippen molar-refractivity contribution in [2.45, 2.75) is 76.3 Å². The number of ether oxygens (including phenoxy) is 1. The van der Waals surface area contributed by atoms with Crippen molar-refractivity contribution in [3.8, 4) is 0 Å². The maximum Gasteiger partial charge on any atom is 0.0787 e. The van der Waals surface area contributed by atoms with E-state index in [1.165, 1.54) is 0 Å². The SMILES string of the molecule is CC1(C)CC(NC2CC(O)C2)C(C)(C)O1. The molecule has 0 bridgehead atoms. The molecule has 2 rings (SSSR count). The molecule has 3 nitrogen and oxygen atoms in total. The lowest BCUT2D eigenvalue weighted by atomic mass is 9.86. The molecule has 1 aliphatic carbocycles. The van der Waals surface area contributed by atoms with Gasteiger partial charge in [0.1, 0.15) is 0 Å². The standard InChI is InChI=1S/C12H23NO2/c1-11(2)7-10(12(3,4)15-11)13-8-5-9(14)6-8/h8-10,13-14H,5-7H2,1-4H3. The Morgan fingerprint density at radius 2 is 1.80 bits per heavy atom. The van der Waals surface area contributed by atoms with Gasteiger partial charge in [-0.1, -0.05) is 0 Å². The first-order valence-corrected chi connectivity index (χ1v) is 5.93. The minimum Gasteiger partial charge on any atom is -0.393 e. The van der Waals surface area contributed by atoms with E-state index in [1.807, 2.05) is 0 Å². The molecule has 0 spiro atoms. The van der Waals surface area contributed by atoms with Gasteiger partial charge in [-0.25, -0.2) is 0 Å². The molecule has 1 atom stereocenters. The molecule has 0 aromatic heterocycles. The van der Waals surface area contributed by atoms with Crippen LogP contribution in [0.2, 0.25) is 0 Å². The van der Waals surface area contributed by atoms with Gasteiger partial charge in [0.15, 0.2) is 0 Å². The van der Waals surface area contributed by atoms with Gasteiger partial charge in [0.05, 0.1) is 17.3 Å². The average Bonchev–Trinajstić information content (AvgIpc) is 2.16. The summed E-state index contributed by atoms with van der Waals surface area (Å²) in [5.41, 5.74) is -0.117. The van der Waals surface area contributed by atoms with Crippen molar-refractivity contribution in [2.24, 2.45) is 0 Å². The van der Waals surface area contributed by atoms with Crippen LogP contribution in [0.25, 0.3) is 0 Å². The summed E-state index contributed by atoms with van der Waals surface area (Å²) in [7, 11) is 0. The van der Waals surface area contributed by atoms with Crippen LogP contribution in [0.1, 0.15) is 47.0 Å². The highest BCUT2D eigenvalue weighted by Gasteiger charge is 2.47. The fraction of sp³-hybridized carbons (Fsp3) is 1.00. The van der Waals surface area contributed by atoms with Crippen LogP contribution < -0.4 is 5.32 Å². The molecule has 15 heavy (non-hydrogen) atoms. The lowest BCUT2D eigenvalue weighted by Gasteiger charge is -2.37. The summed E-state index contributed by atoms with van der Waals surface area (Å²) >= 11 is 0. The van der Waals surface area contributed by atoms with Crippen LogP contribution >= 0.6 is 0 Å². The van der Waals surface area contributed by atoms with Gasteiger partial charge < -0.3 is 15.2 Å². The summed E-state index contributed by atoms with van der Waals surface area (Å²) in [6, 6.07) is 0.895. The van der Waals surface area contributed by atoms with Crippen LogP contribution in [-0.2, 0) is 4.74 Å². The van der Waals surface area contributed by atoms with Crippen molar-refractivity contribution in [2.75, 3.05) is 0 Å². The van der Waals surface area contributed by atoms with Crippen molar-refractivity contribution >= 4 is 0 Å². The lowest BCUT2D eigenvalue weighted by Crippen LogP contribution is -2.53. The Labute approximate surface area is 92.2 Å². The van der Waals surface area contributed by atoms with E-state index >= 15 is 0 Å². The minimum absolute atomic E-state index is 0.0243. The minimum atomic E-state index is -0.0932. The third-order valence-electron chi connectivity index (χ3n) is 3.62. The number of hydrogen-bond donors (Lipinski definition) is 2. The number of nitrogens with one attached hydrogen (secondary N) is 1. The monoisotopic (exact) mass is 213 g/mol. The third kappa shape index (κ3) is 2.35. The van der Waals surface area contributed by atoms with E-state index in [4.69, 9.17) is 4.74 Å². The van der Waals surface area contributed by atoms with E-state index in [1.54, 1.807) is 0 Å². The molecule has 2 fully saturated rings. The molecule has 0 amide bonds. The van der Waals surface area contributed by atoms with E-state index in [9.17, 15) is 5.11 Å². The topological polar surface area (TPSA) is 41.5 Å². The normalized spacial score (nSPS) is 42.6. The first-order chi connectivity index (χ1) is 6.78. The summed E-state index contributed by atoms with van der Waals surface area (Å²) in [5.74, 6) is 0. The summed E-state index contributed by atoms with van der Waals surface area (Å²) in [4.78, 5) is 0. The average molecular weight is 213 g/mol. The summed E-state index contributed by atoms with van der Waals surface area (Å²) in [6.07, 6.45) is 2.76.